The van der Waals surface area contributed by atoms with E-state index in [1.165, 1.54) is 11.3 Å². The van der Waals surface area contributed by atoms with Gasteiger partial charge >= 0.3 is 0 Å². The first-order chi connectivity index (χ1) is 13.9. The third kappa shape index (κ3) is 4.05. The second-order valence-electron chi connectivity index (χ2n) is 6.69. The monoisotopic (exact) mass is 424 g/mol. The number of anilines is 3. The fraction of sp³-hybridized carbons (Fsp3) is 0.182. The molecular weight excluding hydrogens is 404 g/mol. The minimum atomic E-state index is 0. The molecule has 4 aromatic rings. The number of ether oxygens (including phenoxy) is 1. The van der Waals surface area contributed by atoms with Crippen LogP contribution in [-0.4, -0.2) is 36.3 Å². The van der Waals surface area contributed by atoms with Crippen molar-refractivity contribution in [1.82, 2.24) is 9.97 Å². The molecule has 3 heterocycles. The van der Waals surface area contributed by atoms with Crippen LogP contribution in [0.15, 0.2) is 66.3 Å². The summed E-state index contributed by atoms with van der Waals surface area (Å²) in [4.78, 5) is 12.3. The summed E-state index contributed by atoms with van der Waals surface area (Å²) >= 11 is 1.65. The molecule has 5 rings (SSSR count). The normalized spacial score (nSPS) is 13.9. The van der Waals surface area contributed by atoms with Crippen LogP contribution in [0.25, 0.3) is 21.3 Å². The maximum atomic E-state index is 5.44. The van der Waals surface area contributed by atoms with Crippen molar-refractivity contribution in [3.05, 3.63) is 66.3 Å². The number of benzene rings is 2. The van der Waals surface area contributed by atoms with E-state index in [-0.39, 0.29) is 12.4 Å². The minimum Gasteiger partial charge on any atom is -0.378 e. The highest BCUT2D eigenvalue weighted by Gasteiger charge is 2.14. The van der Waals surface area contributed by atoms with E-state index in [1.807, 2.05) is 6.07 Å². The maximum absolute atomic E-state index is 5.44. The van der Waals surface area contributed by atoms with E-state index in [4.69, 9.17) is 4.74 Å². The molecule has 1 N–H and O–H groups in total. The van der Waals surface area contributed by atoms with Gasteiger partial charge in [-0.05, 0) is 29.8 Å². The second kappa shape index (κ2) is 8.78. The van der Waals surface area contributed by atoms with Gasteiger partial charge in [0, 0.05) is 35.4 Å². The Morgan fingerprint density at radius 2 is 1.69 bits per heavy atom. The lowest BCUT2D eigenvalue weighted by Gasteiger charge is -2.28. The Morgan fingerprint density at radius 3 is 2.45 bits per heavy atom. The van der Waals surface area contributed by atoms with Crippen LogP contribution in [0.4, 0.5) is 17.2 Å². The molecule has 0 aliphatic carbocycles. The number of nitrogens with one attached hydrogen (secondary N) is 1. The van der Waals surface area contributed by atoms with Gasteiger partial charge in [-0.3, -0.25) is 0 Å². The van der Waals surface area contributed by atoms with E-state index in [1.54, 1.807) is 17.7 Å². The van der Waals surface area contributed by atoms with Crippen molar-refractivity contribution in [2.45, 2.75) is 0 Å². The van der Waals surface area contributed by atoms with E-state index >= 15 is 0 Å². The summed E-state index contributed by atoms with van der Waals surface area (Å²) in [5.41, 5.74) is 4.58. The van der Waals surface area contributed by atoms with Gasteiger partial charge in [-0.15, -0.1) is 23.7 Å². The molecule has 0 unspecified atom stereocenters. The van der Waals surface area contributed by atoms with E-state index in [0.717, 1.165) is 53.6 Å². The van der Waals surface area contributed by atoms with Gasteiger partial charge in [0.25, 0.3) is 0 Å². The standard InChI is InChI=1S/C22H20N4OS.ClH/c1-2-4-16(5-3-1)19-14-28-22-20(19)21(23-15-24-22)25-17-6-8-18(9-7-17)26-10-12-27-13-11-26;/h1-9,14-15H,10-13H2,(H,23,24,25);1H. The molecule has 0 atom stereocenters. The summed E-state index contributed by atoms with van der Waals surface area (Å²) < 4.78 is 5.44. The molecule has 1 fully saturated rings. The molecule has 5 nitrogen and oxygen atoms in total. The largest absolute Gasteiger partial charge is 0.378 e. The van der Waals surface area contributed by atoms with Gasteiger partial charge in [0.15, 0.2) is 0 Å². The lowest BCUT2D eigenvalue weighted by molar-refractivity contribution is 0.122. The third-order valence-electron chi connectivity index (χ3n) is 4.96. The van der Waals surface area contributed by atoms with Crippen LogP contribution in [0.5, 0.6) is 0 Å². The first kappa shape index (κ1) is 19.6. The average Bonchev–Trinajstić information content (AvgIpc) is 3.21. The molecule has 148 valence electrons. The highest BCUT2D eigenvalue weighted by Crippen LogP contribution is 2.37. The lowest BCUT2D eigenvalue weighted by Crippen LogP contribution is -2.36. The van der Waals surface area contributed by atoms with Crippen LogP contribution in [0.2, 0.25) is 0 Å². The first-order valence-electron chi connectivity index (χ1n) is 9.36. The summed E-state index contributed by atoms with van der Waals surface area (Å²) in [6, 6.07) is 18.9. The highest BCUT2D eigenvalue weighted by atomic mass is 35.5. The predicted octanol–water partition coefficient (Wildman–Crippen LogP) is 5.36. The van der Waals surface area contributed by atoms with Crippen molar-refractivity contribution >= 4 is 51.2 Å². The van der Waals surface area contributed by atoms with Gasteiger partial charge in [0.05, 0.1) is 18.6 Å². The Labute approximate surface area is 179 Å². The number of halogens is 1. The Bertz CT molecular complexity index is 1080. The molecule has 7 heteroatoms. The molecule has 0 saturated carbocycles. The van der Waals surface area contributed by atoms with E-state index in [0.29, 0.717) is 0 Å². The number of fused-ring (bicyclic) bond motifs is 1. The Balaban J connectivity index is 0.00000205. The first-order valence-corrected chi connectivity index (χ1v) is 10.2. The quantitative estimate of drug-likeness (QED) is 0.478. The molecule has 0 amide bonds. The number of hydrogen-bond acceptors (Lipinski definition) is 6. The van der Waals surface area contributed by atoms with Gasteiger partial charge in [0.2, 0.25) is 0 Å². The molecule has 0 radical (unpaired) electrons. The molecule has 29 heavy (non-hydrogen) atoms. The summed E-state index contributed by atoms with van der Waals surface area (Å²) in [6.07, 6.45) is 1.62. The molecule has 0 bridgehead atoms. The second-order valence-corrected chi connectivity index (χ2v) is 7.55. The van der Waals surface area contributed by atoms with Gasteiger partial charge in [-0.1, -0.05) is 30.3 Å². The smallest absolute Gasteiger partial charge is 0.143 e. The maximum Gasteiger partial charge on any atom is 0.143 e. The van der Waals surface area contributed by atoms with E-state index in [9.17, 15) is 0 Å². The number of hydrogen-bond donors (Lipinski definition) is 1. The SMILES string of the molecule is Cl.c1ccc(-c2csc3ncnc(Nc4ccc(N5CCOCC5)cc4)c23)cc1. The molecule has 1 saturated heterocycles. The van der Waals surface area contributed by atoms with Crippen molar-refractivity contribution in [2.24, 2.45) is 0 Å². The zero-order chi connectivity index (χ0) is 18.8. The van der Waals surface area contributed by atoms with Crippen LogP contribution in [0.1, 0.15) is 0 Å². The molecule has 2 aromatic carbocycles. The Kier molecular flexibility index (Phi) is 5.94. The topological polar surface area (TPSA) is 50.3 Å². The number of aromatic nitrogens is 2. The fourth-order valence-electron chi connectivity index (χ4n) is 3.51. The predicted molar refractivity (Wildman–Crippen MR) is 123 cm³/mol. The lowest BCUT2D eigenvalue weighted by atomic mass is 10.1. The number of nitrogens with zero attached hydrogens (tertiary/aromatic N) is 3. The summed E-state index contributed by atoms with van der Waals surface area (Å²) in [6.45, 7) is 3.46. The van der Waals surface area contributed by atoms with Crippen molar-refractivity contribution in [3.8, 4) is 11.1 Å². The van der Waals surface area contributed by atoms with E-state index < -0.39 is 0 Å². The van der Waals surface area contributed by atoms with Crippen LogP contribution >= 0.6 is 23.7 Å². The highest BCUT2D eigenvalue weighted by molar-refractivity contribution is 7.17. The van der Waals surface area contributed by atoms with Crippen LogP contribution in [-0.2, 0) is 4.74 Å². The van der Waals surface area contributed by atoms with Crippen LogP contribution in [0, 0.1) is 0 Å². The summed E-state index contributed by atoms with van der Waals surface area (Å²) in [5.74, 6) is 0.837. The molecule has 0 spiro atoms. The van der Waals surface area contributed by atoms with Crippen LogP contribution in [0.3, 0.4) is 0 Å². The Morgan fingerprint density at radius 1 is 0.931 bits per heavy atom. The fourth-order valence-corrected chi connectivity index (χ4v) is 4.43. The average molecular weight is 425 g/mol. The Hall–Kier alpha value is -2.67. The van der Waals surface area contributed by atoms with Crippen molar-refractivity contribution in [2.75, 3.05) is 36.5 Å². The van der Waals surface area contributed by atoms with Crippen molar-refractivity contribution in [3.63, 3.8) is 0 Å². The number of thiophene rings is 1. The van der Waals surface area contributed by atoms with Crippen molar-refractivity contribution < 1.29 is 4.74 Å². The minimum absolute atomic E-state index is 0. The molecule has 2 aromatic heterocycles. The van der Waals surface area contributed by atoms with Crippen molar-refractivity contribution in [1.29, 1.82) is 0 Å². The number of rotatable bonds is 4. The summed E-state index contributed by atoms with van der Waals surface area (Å²) in [7, 11) is 0. The number of morpholine rings is 1. The molecule has 1 aliphatic rings. The van der Waals surface area contributed by atoms with Gasteiger partial charge in [-0.25, -0.2) is 9.97 Å². The third-order valence-corrected chi connectivity index (χ3v) is 5.85. The van der Waals surface area contributed by atoms with Gasteiger partial charge in [-0.2, -0.15) is 0 Å². The van der Waals surface area contributed by atoms with E-state index in [2.05, 4.69) is 74.1 Å². The molecular formula is C22H21ClN4OS. The summed E-state index contributed by atoms with van der Waals surface area (Å²) in [5, 5.41) is 6.71. The zero-order valence-electron chi connectivity index (χ0n) is 15.7. The zero-order valence-corrected chi connectivity index (χ0v) is 17.4. The van der Waals surface area contributed by atoms with Crippen LogP contribution < -0.4 is 10.2 Å². The van der Waals surface area contributed by atoms with Gasteiger partial charge < -0.3 is 15.0 Å². The van der Waals surface area contributed by atoms with Gasteiger partial charge in [0.1, 0.15) is 17.0 Å². The molecule has 1 aliphatic heterocycles.